The van der Waals surface area contributed by atoms with Crippen molar-refractivity contribution in [2.75, 3.05) is 13.6 Å². The standard InChI is InChI=1S/C16H22N4/c1-12(2)16-17-9-11-20(16)15-8-4-6-13(18-15)14-7-5-10-19(14)3/h4,6,8-9,11-12,14H,5,7,10H2,1-3H3/t14-/m1/s1. The first-order chi connectivity index (χ1) is 9.66. The summed E-state index contributed by atoms with van der Waals surface area (Å²) in [5.41, 5.74) is 1.17. The maximum absolute atomic E-state index is 4.87. The second kappa shape index (κ2) is 5.37. The third-order valence-corrected chi connectivity index (χ3v) is 4.05. The summed E-state index contributed by atoms with van der Waals surface area (Å²) in [5, 5.41) is 0. The van der Waals surface area contributed by atoms with Gasteiger partial charge in [-0.15, -0.1) is 0 Å². The summed E-state index contributed by atoms with van der Waals surface area (Å²) in [6.07, 6.45) is 6.31. The van der Waals surface area contributed by atoms with E-state index < -0.39 is 0 Å². The molecule has 106 valence electrons. The Morgan fingerprint density at radius 3 is 2.85 bits per heavy atom. The van der Waals surface area contributed by atoms with Crippen molar-refractivity contribution in [1.29, 1.82) is 0 Å². The number of imidazole rings is 1. The molecule has 0 unspecified atom stereocenters. The third kappa shape index (κ3) is 2.36. The lowest BCUT2D eigenvalue weighted by atomic mass is 10.1. The van der Waals surface area contributed by atoms with Gasteiger partial charge in [-0.2, -0.15) is 0 Å². The Labute approximate surface area is 120 Å². The Bertz CT molecular complexity index is 588. The highest BCUT2D eigenvalue weighted by Gasteiger charge is 2.24. The SMILES string of the molecule is CC(C)c1nccn1-c1cccc([C@H]2CCCN2C)n1. The van der Waals surface area contributed by atoms with Gasteiger partial charge in [0.15, 0.2) is 0 Å². The number of rotatable bonds is 3. The van der Waals surface area contributed by atoms with E-state index in [2.05, 4.69) is 53.5 Å². The van der Waals surface area contributed by atoms with Crippen LogP contribution in [0, 0.1) is 0 Å². The third-order valence-electron chi connectivity index (χ3n) is 4.05. The summed E-state index contributed by atoms with van der Waals surface area (Å²) in [4.78, 5) is 11.7. The van der Waals surface area contributed by atoms with Gasteiger partial charge in [-0.3, -0.25) is 9.47 Å². The van der Waals surface area contributed by atoms with E-state index in [-0.39, 0.29) is 0 Å². The molecule has 1 aliphatic heterocycles. The zero-order valence-corrected chi connectivity index (χ0v) is 12.5. The van der Waals surface area contributed by atoms with E-state index in [4.69, 9.17) is 4.98 Å². The lowest BCUT2D eigenvalue weighted by molar-refractivity contribution is 0.312. The summed E-state index contributed by atoms with van der Waals surface area (Å²) < 4.78 is 2.10. The molecule has 1 aliphatic rings. The summed E-state index contributed by atoms with van der Waals surface area (Å²) in [6.45, 7) is 5.49. The van der Waals surface area contributed by atoms with Crippen LogP contribution in [0.3, 0.4) is 0 Å². The van der Waals surface area contributed by atoms with E-state index in [1.54, 1.807) is 0 Å². The summed E-state index contributed by atoms with van der Waals surface area (Å²) >= 11 is 0. The fraction of sp³-hybridized carbons (Fsp3) is 0.500. The van der Waals surface area contributed by atoms with Gasteiger partial charge in [0.2, 0.25) is 0 Å². The minimum absolute atomic E-state index is 0.393. The molecule has 0 aliphatic carbocycles. The number of nitrogens with zero attached hydrogens (tertiary/aromatic N) is 4. The van der Waals surface area contributed by atoms with Crippen LogP contribution >= 0.6 is 0 Å². The van der Waals surface area contributed by atoms with Crippen LogP contribution in [0.15, 0.2) is 30.6 Å². The highest BCUT2D eigenvalue weighted by Crippen LogP contribution is 2.29. The minimum Gasteiger partial charge on any atom is -0.298 e. The lowest BCUT2D eigenvalue weighted by Gasteiger charge is -2.19. The normalized spacial score (nSPS) is 19.9. The Morgan fingerprint density at radius 1 is 1.30 bits per heavy atom. The fourth-order valence-corrected chi connectivity index (χ4v) is 2.98. The monoisotopic (exact) mass is 270 g/mol. The van der Waals surface area contributed by atoms with E-state index >= 15 is 0 Å². The molecular formula is C16H22N4. The van der Waals surface area contributed by atoms with E-state index in [1.807, 2.05) is 12.4 Å². The van der Waals surface area contributed by atoms with Crippen LogP contribution in [0.1, 0.15) is 50.2 Å². The molecule has 2 aromatic heterocycles. The Kier molecular flexibility index (Phi) is 3.57. The summed E-state index contributed by atoms with van der Waals surface area (Å²) in [5.74, 6) is 2.43. The summed E-state index contributed by atoms with van der Waals surface area (Å²) in [7, 11) is 2.18. The van der Waals surface area contributed by atoms with Gasteiger partial charge >= 0.3 is 0 Å². The summed E-state index contributed by atoms with van der Waals surface area (Å²) in [6, 6.07) is 6.77. The van der Waals surface area contributed by atoms with Crippen molar-refractivity contribution in [3.05, 3.63) is 42.1 Å². The number of likely N-dealkylation sites (tertiary alicyclic amines) is 1. The molecule has 4 nitrogen and oxygen atoms in total. The van der Waals surface area contributed by atoms with Gasteiger partial charge in [-0.05, 0) is 38.6 Å². The molecule has 3 heterocycles. The van der Waals surface area contributed by atoms with E-state index in [0.29, 0.717) is 12.0 Å². The minimum atomic E-state index is 0.393. The molecule has 0 radical (unpaired) electrons. The molecular weight excluding hydrogens is 248 g/mol. The van der Waals surface area contributed by atoms with Crippen molar-refractivity contribution >= 4 is 0 Å². The van der Waals surface area contributed by atoms with E-state index in [1.165, 1.54) is 25.1 Å². The quantitative estimate of drug-likeness (QED) is 0.859. The molecule has 0 spiro atoms. The Hall–Kier alpha value is -1.68. The molecule has 20 heavy (non-hydrogen) atoms. The molecule has 3 rings (SSSR count). The first-order valence-corrected chi connectivity index (χ1v) is 7.37. The second-order valence-corrected chi connectivity index (χ2v) is 5.87. The van der Waals surface area contributed by atoms with Gasteiger partial charge in [0.05, 0.1) is 11.7 Å². The van der Waals surface area contributed by atoms with Crippen LogP contribution in [-0.4, -0.2) is 33.0 Å². The van der Waals surface area contributed by atoms with Gasteiger partial charge in [0.25, 0.3) is 0 Å². The van der Waals surface area contributed by atoms with Crippen molar-refractivity contribution < 1.29 is 0 Å². The van der Waals surface area contributed by atoms with Crippen LogP contribution in [0.2, 0.25) is 0 Å². The van der Waals surface area contributed by atoms with Crippen molar-refractivity contribution in [1.82, 2.24) is 19.4 Å². The molecule has 0 amide bonds. The maximum Gasteiger partial charge on any atom is 0.138 e. The number of hydrogen-bond acceptors (Lipinski definition) is 3. The molecule has 0 N–H and O–H groups in total. The van der Waals surface area contributed by atoms with Crippen LogP contribution in [-0.2, 0) is 0 Å². The first-order valence-electron chi connectivity index (χ1n) is 7.37. The van der Waals surface area contributed by atoms with Crippen LogP contribution in [0.5, 0.6) is 0 Å². The Morgan fingerprint density at radius 2 is 2.15 bits per heavy atom. The molecule has 0 aromatic carbocycles. The van der Waals surface area contributed by atoms with Gasteiger partial charge in [-0.25, -0.2) is 9.97 Å². The zero-order valence-electron chi connectivity index (χ0n) is 12.5. The van der Waals surface area contributed by atoms with Crippen molar-refractivity contribution in [3.63, 3.8) is 0 Å². The maximum atomic E-state index is 4.87. The van der Waals surface area contributed by atoms with Gasteiger partial charge < -0.3 is 0 Å². The average Bonchev–Trinajstić information content (AvgIpc) is 3.07. The number of aromatic nitrogens is 3. The molecule has 1 atom stereocenters. The predicted octanol–water partition coefficient (Wildman–Crippen LogP) is 3.16. The van der Waals surface area contributed by atoms with Gasteiger partial charge in [0.1, 0.15) is 11.6 Å². The fourth-order valence-electron chi connectivity index (χ4n) is 2.98. The van der Waals surface area contributed by atoms with Crippen molar-refractivity contribution in [2.24, 2.45) is 0 Å². The highest BCUT2D eigenvalue weighted by molar-refractivity contribution is 5.28. The highest BCUT2D eigenvalue weighted by atomic mass is 15.2. The smallest absolute Gasteiger partial charge is 0.138 e. The largest absolute Gasteiger partial charge is 0.298 e. The Balaban J connectivity index is 1.97. The van der Waals surface area contributed by atoms with Crippen LogP contribution in [0.25, 0.3) is 5.82 Å². The molecule has 4 heteroatoms. The van der Waals surface area contributed by atoms with Crippen molar-refractivity contribution in [3.8, 4) is 5.82 Å². The lowest BCUT2D eigenvalue weighted by Crippen LogP contribution is -2.19. The predicted molar refractivity (Wildman–Crippen MR) is 80.1 cm³/mol. The molecule has 0 saturated carbocycles. The van der Waals surface area contributed by atoms with E-state index in [9.17, 15) is 0 Å². The topological polar surface area (TPSA) is 34.0 Å². The number of hydrogen-bond donors (Lipinski definition) is 0. The number of pyridine rings is 1. The first kappa shape index (κ1) is 13.3. The van der Waals surface area contributed by atoms with E-state index in [0.717, 1.165) is 11.6 Å². The van der Waals surface area contributed by atoms with Crippen LogP contribution in [0.4, 0.5) is 0 Å². The van der Waals surface area contributed by atoms with Crippen molar-refractivity contribution in [2.45, 2.75) is 38.6 Å². The van der Waals surface area contributed by atoms with Gasteiger partial charge in [-0.1, -0.05) is 19.9 Å². The molecule has 1 saturated heterocycles. The molecule has 0 bridgehead atoms. The van der Waals surface area contributed by atoms with Crippen LogP contribution < -0.4 is 0 Å². The molecule has 2 aromatic rings. The van der Waals surface area contributed by atoms with Gasteiger partial charge in [0, 0.05) is 18.3 Å². The second-order valence-electron chi connectivity index (χ2n) is 5.87. The zero-order chi connectivity index (χ0) is 14.1. The molecule has 1 fully saturated rings. The average molecular weight is 270 g/mol.